The minimum atomic E-state index is -0.451. The van der Waals surface area contributed by atoms with Crippen LogP contribution in [0.4, 0.5) is 14.9 Å². The van der Waals surface area contributed by atoms with Crippen molar-refractivity contribution >= 4 is 11.7 Å². The Bertz CT molecular complexity index is 1650. The van der Waals surface area contributed by atoms with Gasteiger partial charge in [-0.05, 0) is 73.9 Å². The number of nitrogens with one attached hydrogen (secondary N) is 1. The molecule has 0 spiro atoms. The molecule has 0 saturated heterocycles. The summed E-state index contributed by atoms with van der Waals surface area (Å²) in [5, 5.41) is 8.15. The van der Waals surface area contributed by atoms with E-state index in [0.717, 1.165) is 50.8 Å². The van der Waals surface area contributed by atoms with Gasteiger partial charge in [-0.15, -0.1) is 0 Å². The molecule has 1 aliphatic heterocycles. The molecule has 0 saturated carbocycles. The summed E-state index contributed by atoms with van der Waals surface area (Å²) in [6, 6.07) is 25.7. The summed E-state index contributed by atoms with van der Waals surface area (Å²) in [6.45, 7) is 6.44. The number of amides is 2. The van der Waals surface area contributed by atoms with Crippen molar-refractivity contribution in [2.75, 3.05) is 5.32 Å². The second kappa shape index (κ2) is 9.91. The molecular weight excluding hydrogens is 489 g/mol. The van der Waals surface area contributed by atoms with Gasteiger partial charge in [-0.2, -0.15) is 5.10 Å². The van der Waals surface area contributed by atoms with Gasteiger partial charge >= 0.3 is 6.03 Å². The molecule has 2 amide bonds. The molecule has 1 atom stereocenters. The number of carbonyl (C=O) groups excluding carboxylic acids is 1. The molecule has 1 aliphatic rings. The third-order valence-corrected chi connectivity index (χ3v) is 7.37. The standard InChI is InChI=1S/C32H30FN5O/c1-4-27-26-20-37(32(39)34-28-17-12-21(2)19-22(28)3)30(23-13-15-24(33)16-14-23)29-11-8-18-36(29)31(26)38(35-27)25-9-6-5-7-10-25/h5-19,30H,4,20H2,1-3H3,(H,34,39)/t30-/m1/s1. The number of para-hydroxylation sites is 1. The van der Waals surface area contributed by atoms with Crippen LogP contribution in [0.5, 0.6) is 0 Å². The monoisotopic (exact) mass is 519 g/mol. The first kappa shape index (κ1) is 24.7. The summed E-state index contributed by atoms with van der Waals surface area (Å²) in [7, 11) is 0. The maximum absolute atomic E-state index is 14.1. The lowest BCUT2D eigenvalue weighted by Gasteiger charge is -2.31. The molecule has 0 fully saturated rings. The summed E-state index contributed by atoms with van der Waals surface area (Å²) >= 11 is 0. The minimum absolute atomic E-state index is 0.230. The van der Waals surface area contributed by atoms with Gasteiger partial charge in [0.1, 0.15) is 11.6 Å². The van der Waals surface area contributed by atoms with Crippen LogP contribution in [0.25, 0.3) is 11.5 Å². The molecule has 1 N–H and O–H groups in total. The van der Waals surface area contributed by atoms with E-state index in [4.69, 9.17) is 5.10 Å². The zero-order valence-electron chi connectivity index (χ0n) is 22.2. The Morgan fingerprint density at radius 3 is 2.49 bits per heavy atom. The van der Waals surface area contributed by atoms with Gasteiger partial charge in [0, 0.05) is 17.4 Å². The van der Waals surface area contributed by atoms with Crippen LogP contribution in [0.1, 0.15) is 46.6 Å². The Morgan fingerprint density at radius 1 is 1.00 bits per heavy atom. The molecular formula is C32H30FN5O. The fourth-order valence-corrected chi connectivity index (χ4v) is 5.48. The first-order valence-electron chi connectivity index (χ1n) is 13.2. The van der Waals surface area contributed by atoms with Crippen LogP contribution >= 0.6 is 0 Å². The Morgan fingerprint density at radius 2 is 1.77 bits per heavy atom. The lowest BCUT2D eigenvalue weighted by atomic mass is 10.0. The van der Waals surface area contributed by atoms with E-state index in [1.165, 1.54) is 12.1 Å². The number of aromatic nitrogens is 3. The Hall–Kier alpha value is -4.65. The van der Waals surface area contributed by atoms with Crippen molar-refractivity contribution in [1.82, 2.24) is 19.2 Å². The highest BCUT2D eigenvalue weighted by Gasteiger charge is 2.36. The predicted octanol–water partition coefficient (Wildman–Crippen LogP) is 7.12. The maximum atomic E-state index is 14.1. The van der Waals surface area contributed by atoms with Gasteiger partial charge in [0.2, 0.25) is 0 Å². The quantitative estimate of drug-likeness (QED) is 0.275. The van der Waals surface area contributed by atoms with Crippen LogP contribution in [0.2, 0.25) is 0 Å². The molecule has 6 nitrogen and oxygen atoms in total. The number of urea groups is 1. The summed E-state index contributed by atoms with van der Waals surface area (Å²) in [5.74, 6) is 0.595. The van der Waals surface area contributed by atoms with E-state index >= 15 is 0 Å². The van der Waals surface area contributed by atoms with E-state index in [1.54, 1.807) is 12.1 Å². The van der Waals surface area contributed by atoms with Gasteiger partial charge in [0.25, 0.3) is 0 Å². The Kier molecular flexibility index (Phi) is 6.27. The number of benzene rings is 3. The van der Waals surface area contributed by atoms with E-state index in [0.29, 0.717) is 13.0 Å². The van der Waals surface area contributed by atoms with Crippen LogP contribution in [0.3, 0.4) is 0 Å². The van der Waals surface area contributed by atoms with Crippen molar-refractivity contribution in [1.29, 1.82) is 0 Å². The number of fused-ring (bicyclic) bond motifs is 3. The van der Waals surface area contributed by atoms with Crippen LogP contribution < -0.4 is 5.32 Å². The van der Waals surface area contributed by atoms with Gasteiger partial charge in [0.05, 0.1) is 29.7 Å². The van der Waals surface area contributed by atoms with Crippen LogP contribution in [0.15, 0.2) is 91.1 Å². The molecule has 6 rings (SSSR count). The lowest BCUT2D eigenvalue weighted by Crippen LogP contribution is -2.38. The number of aryl methyl sites for hydroxylation is 3. The topological polar surface area (TPSA) is 55.1 Å². The summed E-state index contributed by atoms with van der Waals surface area (Å²) in [6.07, 6.45) is 2.73. The molecule has 5 aromatic rings. The van der Waals surface area contributed by atoms with Crippen molar-refractivity contribution in [3.63, 3.8) is 0 Å². The highest BCUT2D eigenvalue weighted by atomic mass is 19.1. The average Bonchev–Trinajstić information content (AvgIpc) is 3.52. The van der Waals surface area contributed by atoms with Gasteiger partial charge in [0.15, 0.2) is 0 Å². The highest BCUT2D eigenvalue weighted by molar-refractivity contribution is 5.91. The fourth-order valence-electron chi connectivity index (χ4n) is 5.48. The Balaban J connectivity index is 1.54. The van der Waals surface area contributed by atoms with Crippen LogP contribution in [0, 0.1) is 19.7 Å². The zero-order valence-corrected chi connectivity index (χ0v) is 22.2. The molecule has 3 heterocycles. The SMILES string of the molecule is CCc1nn(-c2ccccc2)c2c1CN(C(=O)Nc1ccc(C)cc1C)[C@H](c1ccc(F)cc1)c1cccn1-2. The third kappa shape index (κ3) is 4.40. The normalized spacial score (nSPS) is 14.5. The zero-order chi connectivity index (χ0) is 27.1. The molecule has 2 aromatic heterocycles. The number of nitrogens with zero attached hydrogens (tertiary/aromatic N) is 4. The van der Waals surface area contributed by atoms with Crippen molar-refractivity contribution < 1.29 is 9.18 Å². The molecule has 39 heavy (non-hydrogen) atoms. The molecule has 0 bridgehead atoms. The van der Waals surface area contributed by atoms with E-state index in [-0.39, 0.29) is 11.8 Å². The summed E-state index contributed by atoms with van der Waals surface area (Å²) < 4.78 is 18.1. The first-order valence-corrected chi connectivity index (χ1v) is 13.2. The number of rotatable bonds is 4. The molecule has 196 valence electrons. The largest absolute Gasteiger partial charge is 0.322 e. The molecule has 3 aromatic carbocycles. The van der Waals surface area contributed by atoms with Gasteiger partial charge in [-0.1, -0.05) is 55.0 Å². The van der Waals surface area contributed by atoms with Crippen LogP contribution in [-0.4, -0.2) is 25.3 Å². The van der Waals surface area contributed by atoms with E-state index < -0.39 is 6.04 Å². The average molecular weight is 520 g/mol. The molecule has 0 radical (unpaired) electrons. The number of hydrogen-bond acceptors (Lipinski definition) is 2. The molecule has 0 unspecified atom stereocenters. The number of anilines is 1. The fraction of sp³-hybridized carbons (Fsp3) is 0.188. The van der Waals surface area contributed by atoms with E-state index in [2.05, 4.69) is 22.9 Å². The maximum Gasteiger partial charge on any atom is 0.322 e. The second-order valence-corrected chi connectivity index (χ2v) is 9.98. The van der Waals surface area contributed by atoms with Gasteiger partial charge in [-0.3, -0.25) is 0 Å². The van der Waals surface area contributed by atoms with E-state index in [1.807, 2.05) is 84.2 Å². The third-order valence-electron chi connectivity index (χ3n) is 7.37. The molecule has 7 heteroatoms. The number of hydrogen-bond donors (Lipinski definition) is 1. The van der Waals surface area contributed by atoms with Crippen molar-refractivity contribution in [2.24, 2.45) is 0 Å². The first-order chi connectivity index (χ1) is 18.9. The summed E-state index contributed by atoms with van der Waals surface area (Å²) in [5.41, 5.74) is 7.47. The predicted molar refractivity (Wildman–Crippen MR) is 151 cm³/mol. The second-order valence-electron chi connectivity index (χ2n) is 9.98. The summed E-state index contributed by atoms with van der Waals surface area (Å²) in [4.78, 5) is 16.0. The minimum Gasteiger partial charge on any atom is -0.308 e. The smallest absolute Gasteiger partial charge is 0.308 e. The lowest BCUT2D eigenvalue weighted by molar-refractivity contribution is 0.194. The number of carbonyl (C=O) groups is 1. The number of halogens is 1. The Labute approximate surface area is 227 Å². The van der Waals surface area contributed by atoms with E-state index in [9.17, 15) is 9.18 Å². The van der Waals surface area contributed by atoms with Crippen LogP contribution in [-0.2, 0) is 13.0 Å². The van der Waals surface area contributed by atoms with Gasteiger partial charge < -0.3 is 14.8 Å². The van der Waals surface area contributed by atoms with Crippen molar-refractivity contribution in [3.05, 3.63) is 131 Å². The molecule has 0 aliphatic carbocycles. The highest BCUT2D eigenvalue weighted by Crippen LogP contribution is 2.39. The van der Waals surface area contributed by atoms with Crippen molar-refractivity contribution in [2.45, 2.75) is 39.8 Å². The van der Waals surface area contributed by atoms with Crippen molar-refractivity contribution in [3.8, 4) is 11.5 Å². The van der Waals surface area contributed by atoms with Gasteiger partial charge in [-0.25, -0.2) is 13.9 Å².